The van der Waals surface area contributed by atoms with Crippen LogP contribution in [0.25, 0.3) is 0 Å². The van der Waals surface area contributed by atoms with E-state index in [-0.39, 0.29) is 5.91 Å². The first-order valence-corrected chi connectivity index (χ1v) is 8.86. The van der Waals surface area contributed by atoms with Gasteiger partial charge < -0.3 is 19.1 Å². The third-order valence-corrected chi connectivity index (χ3v) is 4.66. The molecule has 9 heteroatoms. The van der Waals surface area contributed by atoms with Crippen LogP contribution in [-0.4, -0.2) is 83.3 Å². The fourth-order valence-electron chi connectivity index (χ4n) is 3.19. The first kappa shape index (κ1) is 16.9. The average Bonchev–Trinajstić information content (AvgIpc) is 3.17. The van der Waals surface area contributed by atoms with Gasteiger partial charge in [-0.3, -0.25) is 9.69 Å². The lowest BCUT2D eigenvalue weighted by molar-refractivity contribution is 0.0305. The molecule has 0 spiro atoms. The number of aromatic nitrogens is 3. The van der Waals surface area contributed by atoms with Crippen LogP contribution in [0.2, 0.25) is 0 Å². The van der Waals surface area contributed by atoms with Crippen LogP contribution in [-0.2, 0) is 11.3 Å². The summed E-state index contributed by atoms with van der Waals surface area (Å²) < 4.78 is 10.7. The van der Waals surface area contributed by atoms with Crippen molar-refractivity contribution in [2.45, 2.75) is 6.54 Å². The number of rotatable bonds is 4. The topological polar surface area (TPSA) is 87.8 Å². The van der Waals surface area contributed by atoms with Crippen molar-refractivity contribution in [3.8, 4) is 0 Å². The Bertz CT molecular complexity index is 723. The van der Waals surface area contributed by atoms with Gasteiger partial charge in [-0.25, -0.2) is 9.97 Å². The summed E-state index contributed by atoms with van der Waals surface area (Å²) in [5.74, 6) is 1.33. The van der Waals surface area contributed by atoms with Crippen molar-refractivity contribution in [2.24, 2.45) is 0 Å². The third kappa shape index (κ3) is 3.83. The van der Waals surface area contributed by atoms with Crippen LogP contribution in [0.15, 0.2) is 29.0 Å². The number of piperazine rings is 1. The number of nitrogens with zero attached hydrogens (tertiary/aromatic N) is 6. The second-order valence-electron chi connectivity index (χ2n) is 6.40. The molecular weight excluding hydrogens is 336 g/mol. The fraction of sp³-hybridized carbons (Fsp3) is 0.529. The molecule has 2 aliphatic rings. The summed E-state index contributed by atoms with van der Waals surface area (Å²) in [5, 5.41) is 3.97. The van der Waals surface area contributed by atoms with Crippen LogP contribution in [0.5, 0.6) is 0 Å². The molecule has 0 unspecified atom stereocenters. The Morgan fingerprint density at radius 3 is 2.50 bits per heavy atom. The summed E-state index contributed by atoms with van der Waals surface area (Å²) in [4.78, 5) is 27.3. The van der Waals surface area contributed by atoms with Crippen molar-refractivity contribution in [2.75, 3.05) is 57.4 Å². The lowest BCUT2D eigenvalue weighted by Crippen LogP contribution is -2.49. The van der Waals surface area contributed by atoms with Gasteiger partial charge in [0.1, 0.15) is 0 Å². The van der Waals surface area contributed by atoms with Crippen molar-refractivity contribution in [3.05, 3.63) is 36.0 Å². The van der Waals surface area contributed by atoms with Crippen LogP contribution < -0.4 is 4.90 Å². The number of amides is 1. The summed E-state index contributed by atoms with van der Waals surface area (Å²) in [6.07, 6.45) is 3.45. The molecule has 4 rings (SSSR count). The summed E-state index contributed by atoms with van der Waals surface area (Å²) in [7, 11) is 0. The Labute approximate surface area is 151 Å². The van der Waals surface area contributed by atoms with Crippen molar-refractivity contribution < 1.29 is 14.1 Å². The summed E-state index contributed by atoms with van der Waals surface area (Å²) >= 11 is 0. The van der Waals surface area contributed by atoms with E-state index in [0.29, 0.717) is 50.1 Å². The second kappa shape index (κ2) is 7.79. The van der Waals surface area contributed by atoms with E-state index in [0.717, 1.165) is 26.3 Å². The molecule has 2 aliphatic heterocycles. The molecule has 2 fully saturated rings. The van der Waals surface area contributed by atoms with Crippen molar-refractivity contribution in [1.82, 2.24) is 24.9 Å². The summed E-state index contributed by atoms with van der Waals surface area (Å²) in [6, 6.07) is 3.55. The number of hydrogen-bond acceptors (Lipinski definition) is 8. The van der Waals surface area contributed by atoms with E-state index in [1.54, 1.807) is 29.4 Å². The van der Waals surface area contributed by atoms with Gasteiger partial charge in [0.15, 0.2) is 11.5 Å². The van der Waals surface area contributed by atoms with Crippen LogP contribution in [0.4, 0.5) is 5.95 Å². The van der Waals surface area contributed by atoms with E-state index in [1.165, 1.54) is 0 Å². The van der Waals surface area contributed by atoms with Gasteiger partial charge in [0.25, 0.3) is 5.91 Å². The number of anilines is 1. The normalized spacial score (nSPS) is 18.9. The van der Waals surface area contributed by atoms with Crippen LogP contribution in [0.1, 0.15) is 16.2 Å². The van der Waals surface area contributed by atoms with Gasteiger partial charge in [-0.1, -0.05) is 5.16 Å². The Morgan fingerprint density at radius 2 is 1.77 bits per heavy atom. The largest absolute Gasteiger partial charge is 0.379 e. The molecule has 2 saturated heterocycles. The quantitative estimate of drug-likeness (QED) is 0.769. The molecule has 2 aromatic rings. The molecular formula is C17H22N6O3. The van der Waals surface area contributed by atoms with Crippen LogP contribution in [0, 0.1) is 0 Å². The van der Waals surface area contributed by atoms with Crippen molar-refractivity contribution in [1.29, 1.82) is 0 Å². The van der Waals surface area contributed by atoms with E-state index < -0.39 is 0 Å². The Hall–Kier alpha value is -2.52. The number of morpholine rings is 1. The summed E-state index contributed by atoms with van der Waals surface area (Å²) in [5.41, 5.74) is 0.373. The zero-order chi connectivity index (χ0) is 17.8. The molecule has 0 N–H and O–H groups in total. The molecule has 1 amide bonds. The second-order valence-corrected chi connectivity index (χ2v) is 6.40. The fourth-order valence-corrected chi connectivity index (χ4v) is 3.19. The lowest BCUT2D eigenvalue weighted by atomic mass is 10.2. The Morgan fingerprint density at radius 1 is 1.04 bits per heavy atom. The Balaban J connectivity index is 1.32. The smallest absolute Gasteiger partial charge is 0.276 e. The number of carbonyl (C=O) groups is 1. The molecule has 0 aliphatic carbocycles. The average molecular weight is 358 g/mol. The molecule has 0 radical (unpaired) electrons. The SMILES string of the molecule is O=C(c1cc(CN2CCOCC2)on1)N1CCN(c2ncccn2)CC1. The molecule has 2 aromatic heterocycles. The van der Waals surface area contributed by atoms with Crippen LogP contribution in [0.3, 0.4) is 0 Å². The van der Waals surface area contributed by atoms with Crippen molar-refractivity contribution >= 4 is 11.9 Å². The predicted molar refractivity (Wildman–Crippen MR) is 92.7 cm³/mol. The molecule has 0 bridgehead atoms. The van der Waals surface area contributed by atoms with Gasteiger partial charge in [0.05, 0.1) is 19.8 Å². The van der Waals surface area contributed by atoms with E-state index >= 15 is 0 Å². The molecule has 138 valence electrons. The predicted octanol–water partition coefficient (Wildman–Crippen LogP) is 0.259. The minimum absolute atomic E-state index is 0.0874. The highest BCUT2D eigenvalue weighted by Crippen LogP contribution is 2.14. The van der Waals surface area contributed by atoms with Gasteiger partial charge in [-0.2, -0.15) is 0 Å². The maximum absolute atomic E-state index is 12.7. The highest BCUT2D eigenvalue weighted by molar-refractivity contribution is 5.92. The van der Waals surface area contributed by atoms with Gasteiger partial charge in [0.2, 0.25) is 5.95 Å². The van der Waals surface area contributed by atoms with Gasteiger partial charge in [-0.05, 0) is 6.07 Å². The maximum atomic E-state index is 12.7. The third-order valence-electron chi connectivity index (χ3n) is 4.66. The molecule has 0 aromatic carbocycles. The minimum atomic E-state index is -0.0874. The zero-order valence-corrected chi connectivity index (χ0v) is 14.6. The van der Waals surface area contributed by atoms with E-state index in [9.17, 15) is 4.79 Å². The van der Waals surface area contributed by atoms with Crippen molar-refractivity contribution in [3.63, 3.8) is 0 Å². The molecule has 0 saturated carbocycles. The maximum Gasteiger partial charge on any atom is 0.276 e. The first-order valence-electron chi connectivity index (χ1n) is 8.86. The van der Waals surface area contributed by atoms with Gasteiger partial charge in [-0.15, -0.1) is 0 Å². The first-order chi connectivity index (χ1) is 12.8. The number of ether oxygens (including phenoxy) is 1. The molecule has 0 atom stereocenters. The zero-order valence-electron chi connectivity index (χ0n) is 14.6. The van der Waals surface area contributed by atoms with E-state index in [2.05, 4.69) is 24.9 Å². The molecule has 9 nitrogen and oxygen atoms in total. The standard InChI is InChI=1S/C17H22N6O3/c24-16(15-12-14(26-20-15)13-21-8-10-25-11-9-21)22-4-6-23(7-5-22)17-18-2-1-3-19-17/h1-3,12H,4-11,13H2. The van der Waals surface area contributed by atoms with Crippen LogP contribution >= 0.6 is 0 Å². The Kier molecular flexibility index (Phi) is 5.07. The monoisotopic (exact) mass is 358 g/mol. The van der Waals surface area contributed by atoms with E-state index in [1.807, 2.05) is 0 Å². The number of hydrogen-bond donors (Lipinski definition) is 0. The molecule has 4 heterocycles. The lowest BCUT2D eigenvalue weighted by Gasteiger charge is -2.34. The summed E-state index contributed by atoms with van der Waals surface area (Å²) in [6.45, 7) is 6.49. The van der Waals surface area contributed by atoms with Gasteiger partial charge in [0, 0.05) is 57.7 Å². The number of carbonyl (C=O) groups excluding carboxylic acids is 1. The minimum Gasteiger partial charge on any atom is -0.379 e. The highest BCUT2D eigenvalue weighted by atomic mass is 16.5. The highest BCUT2D eigenvalue weighted by Gasteiger charge is 2.26. The van der Waals surface area contributed by atoms with Gasteiger partial charge >= 0.3 is 0 Å². The molecule has 26 heavy (non-hydrogen) atoms. The van der Waals surface area contributed by atoms with E-state index in [4.69, 9.17) is 9.26 Å².